The third kappa shape index (κ3) is 4.19. The largest absolute Gasteiger partial charge is 0.487 e. The number of nitrogens with one attached hydrogen (secondary N) is 1. The van der Waals surface area contributed by atoms with Crippen LogP contribution in [0.25, 0.3) is 0 Å². The number of aromatic nitrogens is 2. The van der Waals surface area contributed by atoms with E-state index < -0.39 is 0 Å². The molecule has 2 heterocycles. The standard InChI is InChI=1S/C24H27N3O2/c1-16-13-17(2)27(26-16)15-18-9-11-19(12-10-18)23(28)25-21-14-24(3,4)29-22-8-6-5-7-20(21)22/h5-13,21H,14-15H2,1-4H3,(H,25,28)/t21-/m1/s1. The molecule has 1 amide bonds. The van der Waals surface area contributed by atoms with Gasteiger partial charge in [-0.25, -0.2) is 0 Å². The number of aryl methyl sites for hydroxylation is 2. The Hall–Kier alpha value is -3.08. The second-order valence-electron chi connectivity index (χ2n) is 8.41. The zero-order valence-corrected chi connectivity index (χ0v) is 17.4. The summed E-state index contributed by atoms with van der Waals surface area (Å²) in [6.45, 7) is 8.84. The van der Waals surface area contributed by atoms with Crippen molar-refractivity contribution < 1.29 is 9.53 Å². The van der Waals surface area contributed by atoms with E-state index in [0.717, 1.165) is 34.7 Å². The molecule has 0 aliphatic carbocycles. The van der Waals surface area contributed by atoms with E-state index in [0.29, 0.717) is 12.1 Å². The summed E-state index contributed by atoms with van der Waals surface area (Å²) in [4.78, 5) is 12.9. The Morgan fingerprint density at radius 3 is 2.59 bits per heavy atom. The summed E-state index contributed by atoms with van der Waals surface area (Å²) in [6.07, 6.45) is 0.728. The molecule has 29 heavy (non-hydrogen) atoms. The molecule has 4 rings (SSSR count). The average molecular weight is 389 g/mol. The van der Waals surface area contributed by atoms with Gasteiger partial charge in [-0.05, 0) is 57.5 Å². The lowest BCUT2D eigenvalue weighted by atomic mass is 9.89. The number of hydrogen-bond donors (Lipinski definition) is 1. The van der Waals surface area contributed by atoms with Crippen molar-refractivity contribution in [3.63, 3.8) is 0 Å². The molecule has 1 N–H and O–H groups in total. The number of amides is 1. The van der Waals surface area contributed by atoms with Gasteiger partial charge in [0.2, 0.25) is 0 Å². The third-order valence-corrected chi connectivity index (χ3v) is 5.33. The van der Waals surface area contributed by atoms with Crippen LogP contribution >= 0.6 is 0 Å². The fourth-order valence-electron chi connectivity index (χ4n) is 3.94. The van der Waals surface area contributed by atoms with Crippen LogP contribution in [-0.4, -0.2) is 21.3 Å². The van der Waals surface area contributed by atoms with Crippen molar-refractivity contribution in [3.8, 4) is 5.75 Å². The van der Waals surface area contributed by atoms with Gasteiger partial charge in [0.25, 0.3) is 5.91 Å². The van der Waals surface area contributed by atoms with Crippen molar-refractivity contribution in [2.75, 3.05) is 0 Å². The third-order valence-electron chi connectivity index (χ3n) is 5.33. The number of fused-ring (bicyclic) bond motifs is 1. The van der Waals surface area contributed by atoms with Gasteiger partial charge in [0.15, 0.2) is 0 Å². The SMILES string of the molecule is Cc1cc(C)n(Cc2ccc(C(=O)N[C@@H]3CC(C)(C)Oc4ccccc43)cc2)n1. The highest BCUT2D eigenvalue weighted by atomic mass is 16.5. The molecule has 0 unspecified atom stereocenters. The summed E-state index contributed by atoms with van der Waals surface area (Å²) in [5.74, 6) is 0.773. The number of benzene rings is 2. The Balaban J connectivity index is 1.48. The Morgan fingerprint density at radius 1 is 1.17 bits per heavy atom. The normalized spacial score (nSPS) is 17.3. The maximum absolute atomic E-state index is 12.9. The van der Waals surface area contributed by atoms with E-state index in [1.165, 1.54) is 0 Å². The number of nitrogens with zero attached hydrogens (tertiary/aromatic N) is 2. The molecule has 0 bridgehead atoms. The van der Waals surface area contributed by atoms with Crippen LogP contribution in [0.5, 0.6) is 5.75 Å². The maximum atomic E-state index is 12.9. The molecule has 150 valence electrons. The fraction of sp³-hybridized carbons (Fsp3) is 0.333. The number of carbonyl (C=O) groups excluding carboxylic acids is 1. The molecule has 0 spiro atoms. The number of hydrogen-bond acceptors (Lipinski definition) is 3. The summed E-state index contributed by atoms with van der Waals surface area (Å²) in [6, 6.07) is 17.7. The predicted octanol–water partition coefficient (Wildman–Crippen LogP) is 4.58. The van der Waals surface area contributed by atoms with Crippen molar-refractivity contribution in [3.05, 3.63) is 82.7 Å². The average Bonchev–Trinajstić information content (AvgIpc) is 2.98. The van der Waals surface area contributed by atoms with E-state index >= 15 is 0 Å². The minimum atomic E-state index is -0.323. The molecule has 0 saturated heterocycles. The van der Waals surface area contributed by atoms with E-state index in [1.807, 2.05) is 60.1 Å². The molecule has 1 aromatic heterocycles. The first kappa shape index (κ1) is 19.2. The highest BCUT2D eigenvalue weighted by Gasteiger charge is 2.34. The molecule has 5 heteroatoms. The summed E-state index contributed by atoms with van der Waals surface area (Å²) in [5.41, 5.74) is 4.62. The van der Waals surface area contributed by atoms with Crippen LogP contribution in [0, 0.1) is 13.8 Å². The number of para-hydroxylation sites is 1. The van der Waals surface area contributed by atoms with Gasteiger partial charge in [-0.2, -0.15) is 5.10 Å². The summed E-state index contributed by atoms with van der Waals surface area (Å²) >= 11 is 0. The van der Waals surface area contributed by atoms with Crippen molar-refractivity contribution in [1.29, 1.82) is 0 Å². The molecule has 3 aromatic rings. The minimum absolute atomic E-state index is 0.0693. The lowest BCUT2D eigenvalue weighted by Crippen LogP contribution is -2.41. The zero-order valence-electron chi connectivity index (χ0n) is 17.4. The van der Waals surface area contributed by atoms with Crippen molar-refractivity contribution in [2.24, 2.45) is 0 Å². The molecule has 2 aromatic carbocycles. The molecular formula is C24H27N3O2. The van der Waals surface area contributed by atoms with Gasteiger partial charge in [-0.3, -0.25) is 9.48 Å². The van der Waals surface area contributed by atoms with Crippen molar-refractivity contribution in [2.45, 2.75) is 52.3 Å². The van der Waals surface area contributed by atoms with Crippen molar-refractivity contribution >= 4 is 5.91 Å². The topological polar surface area (TPSA) is 56.2 Å². The van der Waals surface area contributed by atoms with Crippen LogP contribution in [0.15, 0.2) is 54.6 Å². The van der Waals surface area contributed by atoms with Crippen LogP contribution in [-0.2, 0) is 6.54 Å². The van der Waals surface area contributed by atoms with E-state index in [-0.39, 0.29) is 17.6 Å². The van der Waals surface area contributed by atoms with Gasteiger partial charge in [0, 0.05) is 23.2 Å². The Bertz CT molecular complexity index is 1030. The minimum Gasteiger partial charge on any atom is -0.487 e. The second kappa shape index (κ2) is 7.39. The van der Waals surface area contributed by atoms with Gasteiger partial charge >= 0.3 is 0 Å². The highest BCUT2D eigenvalue weighted by molar-refractivity contribution is 5.94. The molecule has 0 fully saturated rings. The van der Waals surface area contributed by atoms with E-state index in [1.54, 1.807) is 0 Å². The first-order valence-corrected chi connectivity index (χ1v) is 9.99. The molecular weight excluding hydrogens is 362 g/mol. The molecule has 1 atom stereocenters. The number of rotatable bonds is 4. The number of ether oxygens (including phenoxy) is 1. The van der Waals surface area contributed by atoms with Crippen molar-refractivity contribution in [1.82, 2.24) is 15.1 Å². The maximum Gasteiger partial charge on any atom is 0.251 e. The Labute approximate surface area is 171 Å². The van der Waals surface area contributed by atoms with Gasteiger partial charge in [0.05, 0.1) is 18.3 Å². The summed E-state index contributed by atoms with van der Waals surface area (Å²) < 4.78 is 8.04. The van der Waals surface area contributed by atoms with Gasteiger partial charge < -0.3 is 10.1 Å². The second-order valence-corrected chi connectivity index (χ2v) is 8.41. The Kier molecular flexibility index (Phi) is 4.91. The van der Waals surface area contributed by atoms with E-state index in [4.69, 9.17) is 4.74 Å². The first-order valence-electron chi connectivity index (χ1n) is 9.99. The van der Waals surface area contributed by atoms with Gasteiger partial charge in [-0.15, -0.1) is 0 Å². The number of carbonyl (C=O) groups is 1. The van der Waals surface area contributed by atoms with Gasteiger partial charge in [-0.1, -0.05) is 30.3 Å². The van der Waals surface area contributed by atoms with Crippen LogP contribution < -0.4 is 10.1 Å². The van der Waals surface area contributed by atoms with Crippen LogP contribution in [0.1, 0.15) is 59.2 Å². The lowest BCUT2D eigenvalue weighted by molar-refractivity contribution is 0.0619. The first-order chi connectivity index (χ1) is 13.8. The quantitative estimate of drug-likeness (QED) is 0.711. The summed E-state index contributed by atoms with van der Waals surface area (Å²) in [5, 5.41) is 7.69. The van der Waals surface area contributed by atoms with Crippen LogP contribution in [0.2, 0.25) is 0 Å². The van der Waals surface area contributed by atoms with E-state index in [9.17, 15) is 4.79 Å². The van der Waals surface area contributed by atoms with Crippen LogP contribution in [0.4, 0.5) is 0 Å². The molecule has 0 radical (unpaired) electrons. The lowest BCUT2D eigenvalue weighted by Gasteiger charge is -2.37. The fourth-order valence-corrected chi connectivity index (χ4v) is 3.94. The molecule has 5 nitrogen and oxygen atoms in total. The molecule has 1 aliphatic rings. The zero-order chi connectivity index (χ0) is 20.6. The molecule has 1 aliphatic heterocycles. The predicted molar refractivity (Wildman–Crippen MR) is 113 cm³/mol. The van der Waals surface area contributed by atoms with E-state index in [2.05, 4.69) is 37.3 Å². The highest BCUT2D eigenvalue weighted by Crippen LogP contribution is 2.39. The Morgan fingerprint density at radius 2 is 1.90 bits per heavy atom. The summed E-state index contributed by atoms with van der Waals surface area (Å²) in [7, 11) is 0. The monoisotopic (exact) mass is 389 g/mol. The smallest absolute Gasteiger partial charge is 0.251 e. The van der Waals surface area contributed by atoms with Gasteiger partial charge in [0.1, 0.15) is 11.4 Å². The van der Waals surface area contributed by atoms with Crippen LogP contribution in [0.3, 0.4) is 0 Å². The molecule has 0 saturated carbocycles.